The van der Waals surface area contributed by atoms with Gasteiger partial charge in [-0.1, -0.05) is 64.7 Å². The Kier molecular flexibility index (Phi) is 17.1. The number of aromatic nitrogens is 4. The summed E-state index contributed by atoms with van der Waals surface area (Å²) in [5.74, 6) is 8.49. The molecule has 2 aliphatic heterocycles. The minimum absolute atomic E-state index is 0. The molecule has 15 heteroatoms. The second-order valence-corrected chi connectivity index (χ2v) is 15.3. The van der Waals surface area contributed by atoms with Gasteiger partial charge in [-0.05, 0) is 84.7 Å². The van der Waals surface area contributed by atoms with Gasteiger partial charge in [0.2, 0.25) is 11.8 Å². The molecule has 4 heterocycles. The zero-order valence-corrected chi connectivity index (χ0v) is 37.9. The van der Waals surface area contributed by atoms with Crippen molar-refractivity contribution in [1.29, 1.82) is 0 Å². The first kappa shape index (κ1) is 48.1. The van der Waals surface area contributed by atoms with Gasteiger partial charge >= 0.3 is 6.09 Å². The quantitative estimate of drug-likeness (QED) is 0.136. The lowest BCUT2D eigenvalue weighted by Gasteiger charge is -2.30. The van der Waals surface area contributed by atoms with Crippen LogP contribution in [0.25, 0.3) is 33.1 Å². The molecule has 3 aromatic carbocycles. The van der Waals surface area contributed by atoms with Gasteiger partial charge in [-0.3, -0.25) is 9.59 Å². The number of imidazole rings is 2. The second-order valence-electron chi connectivity index (χ2n) is 15.3. The summed E-state index contributed by atoms with van der Waals surface area (Å²) < 4.78 is 4.76. The van der Waals surface area contributed by atoms with E-state index in [2.05, 4.69) is 71.3 Å². The molecule has 0 saturated carbocycles. The third-order valence-electron chi connectivity index (χ3n) is 11.1. The molecule has 11 nitrogen and oxygen atoms in total. The topological polar surface area (TPSA) is 136 Å². The number of rotatable bonds is 8. The van der Waals surface area contributed by atoms with Crippen LogP contribution in [0.3, 0.4) is 0 Å². The normalized spacial score (nSPS) is 17.0. The first-order valence-electron chi connectivity index (χ1n) is 19.1. The number of aromatic amines is 2. The fraction of sp³-hybridized carbons (Fsp3) is 0.419. The molecule has 5 aromatic rings. The number of ether oxygens (including phenoxy) is 1. The van der Waals surface area contributed by atoms with Crippen molar-refractivity contribution in [2.45, 2.75) is 78.4 Å². The number of nitrogens with zero attached hydrogens (tertiary/aromatic N) is 4. The molecule has 0 aliphatic carbocycles. The molecule has 0 radical (unpaired) electrons. The summed E-state index contributed by atoms with van der Waals surface area (Å²) in [6.07, 6.45) is 4.74. The van der Waals surface area contributed by atoms with Gasteiger partial charge in [-0.25, -0.2) is 14.8 Å². The van der Waals surface area contributed by atoms with Gasteiger partial charge in [0, 0.05) is 35.7 Å². The SMILES string of the molecule is COC(=O)N[C@H](C(=O)N1CCC[C@H]1c1ncc(-c2ccc3cc(C#Cc4ccc5nc([C@@H]6CCCN6C(=O)[C@@H](C)C(C)C)[nH]c5c4)ccc3c2)[nH]1)C(C)C.S.S.S.S. The van der Waals surface area contributed by atoms with E-state index >= 15 is 0 Å². The third kappa shape index (κ3) is 10.1. The van der Waals surface area contributed by atoms with E-state index in [4.69, 9.17) is 14.7 Å². The van der Waals surface area contributed by atoms with Crippen LogP contribution >= 0.6 is 54.0 Å². The average Bonchev–Trinajstić information content (AvgIpc) is 4.00. The van der Waals surface area contributed by atoms with E-state index in [1.54, 1.807) is 0 Å². The summed E-state index contributed by atoms with van der Waals surface area (Å²) in [4.78, 5) is 59.1. The first-order valence-corrected chi connectivity index (χ1v) is 19.1. The number of benzene rings is 3. The highest BCUT2D eigenvalue weighted by Gasteiger charge is 2.38. The highest BCUT2D eigenvalue weighted by atomic mass is 32.1. The lowest BCUT2D eigenvalue weighted by Crippen LogP contribution is -2.51. The Morgan fingerprint density at radius 1 is 0.759 bits per heavy atom. The van der Waals surface area contributed by atoms with Crippen molar-refractivity contribution in [1.82, 2.24) is 35.1 Å². The van der Waals surface area contributed by atoms with Gasteiger partial charge in [0.05, 0.1) is 42.1 Å². The van der Waals surface area contributed by atoms with E-state index < -0.39 is 12.1 Å². The van der Waals surface area contributed by atoms with E-state index in [1.807, 2.05) is 61.0 Å². The lowest BCUT2D eigenvalue weighted by molar-refractivity contribution is -0.137. The van der Waals surface area contributed by atoms with Crippen molar-refractivity contribution >= 4 is 93.7 Å². The maximum absolute atomic E-state index is 13.5. The number of H-pyrrole nitrogens is 2. The Labute approximate surface area is 369 Å². The van der Waals surface area contributed by atoms with Crippen LogP contribution in [0, 0.1) is 29.6 Å². The Balaban J connectivity index is 0.00000225. The maximum Gasteiger partial charge on any atom is 0.407 e. The smallest absolute Gasteiger partial charge is 0.407 e. The Bertz CT molecular complexity index is 2280. The molecule has 2 aliphatic rings. The fourth-order valence-electron chi connectivity index (χ4n) is 7.61. The van der Waals surface area contributed by atoms with Gasteiger partial charge in [-0.15, -0.1) is 0 Å². The monoisotopic (exact) mass is 863 g/mol. The van der Waals surface area contributed by atoms with Crippen LogP contribution < -0.4 is 5.32 Å². The molecule has 2 saturated heterocycles. The number of methoxy groups -OCH3 is 1. The molecule has 3 amide bonds. The number of amides is 3. The molecule has 0 spiro atoms. The highest BCUT2D eigenvalue weighted by molar-refractivity contribution is 7.59. The number of alkyl carbamates (subject to hydrolysis) is 1. The number of nitrogens with one attached hydrogen (secondary N) is 3. The number of fused-ring (bicyclic) bond motifs is 2. The van der Waals surface area contributed by atoms with Gasteiger partial charge in [0.15, 0.2) is 0 Å². The van der Waals surface area contributed by atoms with Crippen LogP contribution in [0.4, 0.5) is 4.79 Å². The standard InChI is InChI=1S/C43H49N7O4.4H2S/c1-25(2)27(5)41(51)49-19-8-10-37(49)40-45-33-18-14-29(22-34(33)46-40)12-11-28-13-15-31-23-32(17-16-30(31)21-28)35-24-44-39(47-35)36-9-7-20-50(36)42(52)38(26(3)4)48-43(53)54-6;;;;/h13-18,21-27,36-38H,7-10,19-20H2,1-6H3,(H,44,47)(H,45,46)(H,48,53);4*1H2/t27-,36-,37-,38-;;;;/m0..../s1. The zero-order valence-electron chi connectivity index (χ0n) is 33.9. The molecule has 0 bridgehead atoms. The second kappa shape index (κ2) is 20.6. The van der Waals surface area contributed by atoms with E-state index in [9.17, 15) is 14.4 Å². The summed E-state index contributed by atoms with van der Waals surface area (Å²) in [5.41, 5.74) is 5.46. The number of hydrogen-bond donors (Lipinski definition) is 3. The van der Waals surface area contributed by atoms with E-state index in [0.29, 0.717) is 12.5 Å². The minimum Gasteiger partial charge on any atom is -0.453 e. The van der Waals surface area contributed by atoms with Crippen molar-refractivity contribution in [2.24, 2.45) is 17.8 Å². The van der Waals surface area contributed by atoms with E-state index in [0.717, 1.165) is 88.1 Å². The van der Waals surface area contributed by atoms with E-state index in [-0.39, 0.29) is 89.7 Å². The molecule has 312 valence electrons. The van der Waals surface area contributed by atoms with Crippen molar-refractivity contribution in [3.05, 3.63) is 83.6 Å². The zero-order chi connectivity index (χ0) is 38.1. The fourth-order valence-corrected chi connectivity index (χ4v) is 7.61. The lowest BCUT2D eigenvalue weighted by atomic mass is 9.96. The predicted molar refractivity (Wildman–Crippen MR) is 251 cm³/mol. The van der Waals surface area contributed by atoms with Gasteiger partial charge in [0.1, 0.15) is 17.7 Å². The Morgan fingerprint density at radius 3 is 2.02 bits per heavy atom. The molecule has 58 heavy (non-hydrogen) atoms. The van der Waals surface area contributed by atoms with Crippen LogP contribution in [-0.2, 0) is 14.3 Å². The van der Waals surface area contributed by atoms with Gasteiger partial charge in [0.25, 0.3) is 0 Å². The largest absolute Gasteiger partial charge is 0.453 e. The number of carbonyl (C=O) groups excluding carboxylic acids is 3. The summed E-state index contributed by atoms with van der Waals surface area (Å²) >= 11 is 0. The molecule has 2 aromatic heterocycles. The van der Waals surface area contributed by atoms with Crippen molar-refractivity contribution in [2.75, 3.05) is 20.2 Å². The van der Waals surface area contributed by atoms with E-state index in [1.165, 1.54) is 7.11 Å². The number of carbonyl (C=O) groups is 3. The summed E-state index contributed by atoms with van der Waals surface area (Å²) in [6.45, 7) is 11.4. The minimum atomic E-state index is -0.679. The molecule has 2 fully saturated rings. The van der Waals surface area contributed by atoms with Crippen LogP contribution in [0.1, 0.15) is 95.2 Å². The van der Waals surface area contributed by atoms with Gasteiger partial charge < -0.3 is 29.8 Å². The van der Waals surface area contributed by atoms with Crippen molar-refractivity contribution in [3.8, 4) is 23.1 Å². The molecule has 7 rings (SSSR count). The summed E-state index contributed by atoms with van der Waals surface area (Å²) in [6, 6.07) is 17.6. The third-order valence-corrected chi connectivity index (χ3v) is 11.1. The van der Waals surface area contributed by atoms with Crippen LogP contribution in [-0.4, -0.2) is 73.9 Å². The molecular weight excluding hydrogens is 807 g/mol. The summed E-state index contributed by atoms with van der Waals surface area (Å²) in [7, 11) is 1.30. The van der Waals surface area contributed by atoms with Crippen LogP contribution in [0.15, 0.2) is 60.8 Å². The van der Waals surface area contributed by atoms with Crippen LogP contribution in [0.5, 0.6) is 0 Å². The number of likely N-dealkylation sites (tertiary alicyclic amines) is 2. The predicted octanol–water partition coefficient (Wildman–Crippen LogP) is 7.96. The molecule has 4 atom stereocenters. The van der Waals surface area contributed by atoms with Crippen LogP contribution in [0.2, 0.25) is 0 Å². The number of hydrogen-bond acceptors (Lipinski definition) is 6. The molecule has 0 unspecified atom stereocenters. The molecular formula is C43H57N7O4S4. The highest BCUT2D eigenvalue weighted by Crippen LogP contribution is 2.35. The molecule has 3 N–H and O–H groups in total. The average molecular weight is 864 g/mol. The maximum atomic E-state index is 13.5. The summed E-state index contributed by atoms with van der Waals surface area (Å²) in [5, 5.41) is 4.86. The Hall–Kier alpha value is -4.23. The Morgan fingerprint density at radius 2 is 1.36 bits per heavy atom. The van der Waals surface area contributed by atoms with Crippen molar-refractivity contribution < 1.29 is 19.1 Å². The van der Waals surface area contributed by atoms with Gasteiger partial charge in [-0.2, -0.15) is 54.0 Å². The first-order chi connectivity index (χ1) is 26.0. The van der Waals surface area contributed by atoms with Crippen molar-refractivity contribution in [3.63, 3.8) is 0 Å².